The highest BCUT2D eigenvalue weighted by Gasteiger charge is 2.53. The zero-order valence-corrected chi connectivity index (χ0v) is 15.6. The largest absolute Gasteiger partial charge is 0.508 e. The maximum Gasteiger partial charge on any atom is 0.254 e. The van der Waals surface area contributed by atoms with Gasteiger partial charge >= 0.3 is 0 Å². The number of carbonyl (C=O) groups excluding carboxylic acids is 2. The summed E-state index contributed by atoms with van der Waals surface area (Å²) >= 11 is 0. The van der Waals surface area contributed by atoms with Crippen molar-refractivity contribution < 1.29 is 19.8 Å². The molecule has 0 bridgehead atoms. The average molecular weight is 372 g/mol. The predicted molar refractivity (Wildman–Crippen MR) is 100 cm³/mol. The third-order valence-electron chi connectivity index (χ3n) is 6.58. The molecule has 0 radical (unpaired) electrons. The minimum atomic E-state index is -0.739. The van der Waals surface area contributed by atoms with Crippen LogP contribution >= 0.6 is 0 Å². The molecular weight excluding hydrogens is 344 g/mol. The topological polar surface area (TPSA) is 81.1 Å². The molecule has 2 saturated heterocycles. The molecule has 1 aromatic carbocycles. The fourth-order valence-electron chi connectivity index (χ4n) is 5.19. The molecule has 146 valence electrons. The van der Waals surface area contributed by atoms with Crippen LogP contribution in [0.25, 0.3) is 0 Å². The lowest BCUT2D eigenvalue weighted by atomic mass is 9.82. The molecule has 1 aromatic rings. The molecule has 27 heavy (non-hydrogen) atoms. The lowest BCUT2D eigenvalue weighted by Gasteiger charge is -2.48. The Bertz CT molecular complexity index is 729. The number of phenols is 1. The van der Waals surface area contributed by atoms with E-state index in [-0.39, 0.29) is 29.7 Å². The molecule has 0 aromatic heterocycles. The van der Waals surface area contributed by atoms with E-state index in [1.54, 1.807) is 23.1 Å². The van der Waals surface area contributed by atoms with E-state index in [4.69, 9.17) is 0 Å². The summed E-state index contributed by atoms with van der Waals surface area (Å²) in [4.78, 5) is 30.5. The van der Waals surface area contributed by atoms with Crippen LogP contribution in [0.5, 0.6) is 5.75 Å². The van der Waals surface area contributed by atoms with Crippen molar-refractivity contribution in [1.29, 1.82) is 0 Å². The fraction of sp³-hybridized carbons (Fsp3) is 0.619. The van der Waals surface area contributed by atoms with Gasteiger partial charge in [0.05, 0.1) is 6.10 Å². The summed E-state index contributed by atoms with van der Waals surface area (Å²) in [6.45, 7) is 1.33. The highest BCUT2D eigenvalue weighted by molar-refractivity contribution is 6.00. The first kappa shape index (κ1) is 18.3. The second kappa shape index (κ2) is 7.15. The van der Waals surface area contributed by atoms with Gasteiger partial charge in [-0.25, -0.2) is 0 Å². The van der Waals surface area contributed by atoms with Crippen molar-refractivity contribution in [2.45, 2.75) is 69.1 Å². The normalized spacial score (nSPS) is 31.5. The Hall–Kier alpha value is -2.08. The van der Waals surface area contributed by atoms with Crippen LogP contribution < -0.4 is 0 Å². The molecule has 1 atom stereocenters. The lowest BCUT2D eigenvalue weighted by Crippen LogP contribution is -2.63. The Labute approximate surface area is 159 Å². The van der Waals surface area contributed by atoms with Gasteiger partial charge in [0, 0.05) is 24.7 Å². The minimum Gasteiger partial charge on any atom is -0.508 e. The molecule has 1 unspecified atom stereocenters. The van der Waals surface area contributed by atoms with Crippen LogP contribution in [0, 0.1) is 0 Å². The van der Waals surface area contributed by atoms with E-state index in [0.717, 1.165) is 45.1 Å². The third-order valence-corrected chi connectivity index (χ3v) is 6.58. The molecule has 4 rings (SSSR count). The van der Waals surface area contributed by atoms with Crippen molar-refractivity contribution in [3.63, 3.8) is 0 Å². The number of aromatic hydroxyl groups is 1. The van der Waals surface area contributed by atoms with E-state index < -0.39 is 5.54 Å². The number of phenolic OH excluding ortho intramolecular Hbond substituents is 1. The standard InChI is InChI=1S/C21H28N2O4/c24-17-8-6-16(7-9-17)22-12-2-10-21(20(22)27)11-3-13-23(21)19(26)15-4-1-5-18(25)14-15/h1,4-5,14,16-17,24-25H,2-3,6-13H2. The number of aliphatic hydroxyl groups excluding tert-OH is 1. The van der Waals surface area contributed by atoms with Crippen molar-refractivity contribution in [1.82, 2.24) is 9.80 Å². The monoisotopic (exact) mass is 372 g/mol. The number of carbonyl (C=O) groups is 2. The first-order valence-electron chi connectivity index (χ1n) is 10.1. The zero-order valence-electron chi connectivity index (χ0n) is 15.6. The number of nitrogens with zero attached hydrogens (tertiary/aromatic N) is 2. The van der Waals surface area contributed by atoms with Gasteiger partial charge < -0.3 is 20.0 Å². The SMILES string of the molecule is O=C(c1cccc(O)c1)N1CCCC12CCCN(C1CCC(O)CC1)C2=O. The van der Waals surface area contributed by atoms with Crippen LogP contribution in [0.4, 0.5) is 0 Å². The van der Waals surface area contributed by atoms with Gasteiger partial charge in [0.15, 0.2) is 0 Å². The van der Waals surface area contributed by atoms with E-state index in [2.05, 4.69) is 0 Å². The Morgan fingerprint density at radius 1 is 1.07 bits per heavy atom. The Balaban J connectivity index is 1.58. The first-order valence-corrected chi connectivity index (χ1v) is 10.1. The first-order chi connectivity index (χ1) is 13.0. The third kappa shape index (κ3) is 3.20. The Morgan fingerprint density at radius 3 is 2.48 bits per heavy atom. The van der Waals surface area contributed by atoms with Crippen LogP contribution in [0.2, 0.25) is 0 Å². The van der Waals surface area contributed by atoms with Crippen LogP contribution in [0.1, 0.15) is 61.7 Å². The minimum absolute atomic E-state index is 0.0615. The number of hydrogen-bond acceptors (Lipinski definition) is 4. The molecule has 3 fully saturated rings. The molecule has 6 nitrogen and oxygen atoms in total. The molecule has 2 heterocycles. The lowest BCUT2D eigenvalue weighted by molar-refractivity contribution is -0.149. The van der Waals surface area contributed by atoms with Crippen molar-refractivity contribution in [2.75, 3.05) is 13.1 Å². The fourth-order valence-corrected chi connectivity index (χ4v) is 5.19. The number of rotatable bonds is 2. The zero-order chi connectivity index (χ0) is 19.0. The summed E-state index contributed by atoms with van der Waals surface area (Å²) in [6.07, 6.45) is 6.06. The van der Waals surface area contributed by atoms with Crippen molar-refractivity contribution in [3.05, 3.63) is 29.8 Å². The van der Waals surface area contributed by atoms with Gasteiger partial charge in [-0.3, -0.25) is 9.59 Å². The molecule has 6 heteroatoms. The second-order valence-corrected chi connectivity index (χ2v) is 8.21. The number of likely N-dealkylation sites (tertiary alicyclic amines) is 2. The maximum atomic E-state index is 13.6. The van der Waals surface area contributed by atoms with Crippen molar-refractivity contribution >= 4 is 11.8 Å². The highest BCUT2D eigenvalue weighted by Crippen LogP contribution is 2.41. The van der Waals surface area contributed by atoms with Crippen molar-refractivity contribution in [3.8, 4) is 5.75 Å². The summed E-state index contributed by atoms with van der Waals surface area (Å²) in [5, 5.41) is 19.5. The summed E-state index contributed by atoms with van der Waals surface area (Å²) in [7, 11) is 0. The highest BCUT2D eigenvalue weighted by atomic mass is 16.3. The number of benzene rings is 1. The van der Waals surface area contributed by atoms with Gasteiger partial charge in [-0.15, -0.1) is 0 Å². The summed E-state index contributed by atoms with van der Waals surface area (Å²) in [5.74, 6) is -0.0229. The quantitative estimate of drug-likeness (QED) is 0.835. The van der Waals surface area contributed by atoms with Crippen LogP contribution in [-0.4, -0.2) is 62.6 Å². The summed E-state index contributed by atoms with van der Waals surface area (Å²) in [6, 6.07) is 6.55. The van der Waals surface area contributed by atoms with Gasteiger partial charge in [0.2, 0.25) is 5.91 Å². The molecule has 2 aliphatic heterocycles. The number of hydrogen-bond donors (Lipinski definition) is 2. The molecule has 2 amide bonds. The van der Waals surface area contributed by atoms with E-state index in [1.165, 1.54) is 6.07 Å². The van der Waals surface area contributed by atoms with Crippen LogP contribution in [-0.2, 0) is 4.79 Å². The molecule has 1 spiro atoms. The van der Waals surface area contributed by atoms with E-state index in [9.17, 15) is 19.8 Å². The molecule has 3 aliphatic rings. The van der Waals surface area contributed by atoms with Gasteiger partial charge in [-0.2, -0.15) is 0 Å². The molecule has 1 aliphatic carbocycles. The molecular formula is C21H28N2O4. The Kier molecular flexibility index (Phi) is 4.84. The van der Waals surface area contributed by atoms with Crippen LogP contribution in [0.3, 0.4) is 0 Å². The van der Waals surface area contributed by atoms with E-state index >= 15 is 0 Å². The summed E-state index contributed by atoms with van der Waals surface area (Å²) in [5.41, 5.74) is -0.307. The molecule has 2 N–H and O–H groups in total. The number of amides is 2. The van der Waals surface area contributed by atoms with Crippen molar-refractivity contribution in [2.24, 2.45) is 0 Å². The summed E-state index contributed by atoms with van der Waals surface area (Å²) < 4.78 is 0. The number of aliphatic hydroxyl groups is 1. The number of piperidine rings is 1. The average Bonchev–Trinajstić information content (AvgIpc) is 3.09. The maximum absolute atomic E-state index is 13.6. The molecule has 1 saturated carbocycles. The van der Waals surface area contributed by atoms with E-state index in [0.29, 0.717) is 24.9 Å². The Morgan fingerprint density at radius 2 is 1.78 bits per heavy atom. The van der Waals surface area contributed by atoms with Gasteiger partial charge in [-0.1, -0.05) is 6.07 Å². The van der Waals surface area contributed by atoms with Gasteiger partial charge in [0.1, 0.15) is 11.3 Å². The predicted octanol–water partition coefficient (Wildman–Crippen LogP) is 2.29. The second-order valence-electron chi connectivity index (χ2n) is 8.21. The van der Waals surface area contributed by atoms with Gasteiger partial charge in [0.25, 0.3) is 5.91 Å². The smallest absolute Gasteiger partial charge is 0.254 e. The van der Waals surface area contributed by atoms with Gasteiger partial charge in [-0.05, 0) is 69.6 Å². The van der Waals surface area contributed by atoms with Crippen LogP contribution in [0.15, 0.2) is 24.3 Å². The van der Waals surface area contributed by atoms with E-state index in [1.807, 2.05) is 4.90 Å².